The molecule has 134 valence electrons. The zero-order valence-electron chi connectivity index (χ0n) is 14.0. The van der Waals surface area contributed by atoms with E-state index in [2.05, 4.69) is 5.32 Å². The van der Waals surface area contributed by atoms with Gasteiger partial charge in [-0.3, -0.25) is 14.9 Å². The smallest absolute Gasteiger partial charge is 0.337 e. The Labute approximate surface area is 154 Å². The fourth-order valence-corrected chi connectivity index (χ4v) is 2.60. The number of aromatic carboxylic acids is 1. The van der Waals surface area contributed by atoms with E-state index in [9.17, 15) is 24.8 Å². The maximum atomic E-state index is 12.4. The number of non-ortho nitro benzene ring substituents is 1. The van der Waals surface area contributed by atoms with Crippen molar-refractivity contribution in [1.82, 2.24) is 0 Å². The number of carbonyl (C=O) groups excluding carboxylic acids is 1. The molecule has 0 saturated heterocycles. The number of carboxylic acid groups (broad SMARTS) is 1. The summed E-state index contributed by atoms with van der Waals surface area (Å²) in [6, 6.07) is 18.8. The van der Waals surface area contributed by atoms with Crippen molar-refractivity contribution in [3.05, 3.63) is 94.0 Å². The van der Waals surface area contributed by atoms with Gasteiger partial charge in [0.1, 0.15) is 0 Å². The largest absolute Gasteiger partial charge is 0.478 e. The lowest BCUT2D eigenvalue weighted by molar-refractivity contribution is -0.384. The van der Waals surface area contributed by atoms with Crippen molar-refractivity contribution in [2.75, 3.05) is 5.32 Å². The molecule has 0 atom stereocenters. The molecule has 0 bridgehead atoms. The van der Waals surface area contributed by atoms with Crippen molar-refractivity contribution in [3.8, 4) is 11.1 Å². The van der Waals surface area contributed by atoms with Crippen molar-refractivity contribution in [3.63, 3.8) is 0 Å². The molecule has 0 unspecified atom stereocenters. The highest BCUT2D eigenvalue weighted by molar-refractivity contribution is 6.08. The number of nitrogens with zero attached hydrogens (tertiary/aromatic N) is 1. The van der Waals surface area contributed by atoms with Crippen molar-refractivity contribution in [2.24, 2.45) is 0 Å². The van der Waals surface area contributed by atoms with Gasteiger partial charge >= 0.3 is 5.97 Å². The summed E-state index contributed by atoms with van der Waals surface area (Å²) in [7, 11) is 0. The van der Waals surface area contributed by atoms with Gasteiger partial charge in [-0.15, -0.1) is 0 Å². The van der Waals surface area contributed by atoms with Crippen LogP contribution >= 0.6 is 0 Å². The van der Waals surface area contributed by atoms with E-state index in [0.717, 1.165) is 0 Å². The van der Waals surface area contributed by atoms with Crippen LogP contribution in [0, 0.1) is 10.1 Å². The van der Waals surface area contributed by atoms with E-state index >= 15 is 0 Å². The molecular formula is C20H14N2O5. The fourth-order valence-electron chi connectivity index (χ4n) is 2.60. The van der Waals surface area contributed by atoms with Crippen LogP contribution in [0.4, 0.5) is 11.4 Å². The van der Waals surface area contributed by atoms with Crippen LogP contribution in [-0.2, 0) is 0 Å². The Morgan fingerprint density at radius 1 is 0.889 bits per heavy atom. The molecule has 1 amide bonds. The van der Waals surface area contributed by atoms with Crippen molar-refractivity contribution < 1.29 is 19.6 Å². The molecule has 3 aromatic carbocycles. The standard InChI is InChI=1S/C20H14N2O5/c23-19(13-5-2-1-3-6-13)21-18-12-15(9-10-17(18)20(24)25)14-7-4-8-16(11-14)22(26)27/h1-12H,(H,21,23)(H,24,25). The van der Waals surface area contributed by atoms with E-state index in [4.69, 9.17) is 0 Å². The summed E-state index contributed by atoms with van der Waals surface area (Å²) in [6.07, 6.45) is 0. The molecule has 27 heavy (non-hydrogen) atoms. The average molecular weight is 362 g/mol. The Balaban J connectivity index is 2.01. The monoisotopic (exact) mass is 362 g/mol. The minimum atomic E-state index is -1.19. The first-order valence-corrected chi connectivity index (χ1v) is 7.94. The lowest BCUT2D eigenvalue weighted by atomic mass is 10.0. The lowest BCUT2D eigenvalue weighted by Gasteiger charge is -2.11. The first-order valence-electron chi connectivity index (χ1n) is 7.94. The fraction of sp³-hybridized carbons (Fsp3) is 0. The first-order chi connectivity index (χ1) is 13.0. The molecule has 0 aromatic heterocycles. The second-order valence-electron chi connectivity index (χ2n) is 5.69. The molecule has 7 heteroatoms. The Bertz CT molecular complexity index is 1030. The molecule has 0 aliphatic heterocycles. The Hall–Kier alpha value is -4.00. The Kier molecular flexibility index (Phi) is 4.94. The number of nitro groups is 1. The topological polar surface area (TPSA) is 110 Å². The maximum Gasteiger partial charge on any atom is 0.337 e. The zero-order chi connectivity index (χ0) is 19.4. The van der Waals surface area contributed by atoms with Gasteiger partial charge < -0.3 is 10.4 Å². The highest BCUT2D eigenvalue weighted by Crippen LogP contribution is 2.28. The number of carbonyl (C=O) groups is 2. The van der Waals surface area contributed by atoms with Gasteiger partial charge in [0.05, 0.1) is 16.2 Å². The molecule has 3 aromatic rings. The number of carboxylic acids is 1. The summed E-state index contributed by atoms with van der Waals surface area (Å²) < 4.78 is 0. The molecule has 7 nitrogen and oxygen atoms in total. The highest BCUT2D eigenvalue weighted by Gasteiger charge is 2.16. The van der Waals surface area contributed by atoms with Gasteiger partial charge in [0.2, 0.25) is 0 Å². The summed E-state index contributed by atoms with van der Waals surface area (Å²) in [5.41, 5.74) is 1.43. The van der Waals surface area contributed by atoms with Crippen LogP contribution in [0.25, 0.3) is 11.1 Å². The molecule has 0 heterocycles. The SMILES string of the molecule is O=C(Nc1cc(-c2cccc([N+](=O)[O-])c2)ccc1C(=O)O)c1ccccc1. The van der Waals surface area contributed by atoms with Crippen LogP contribution in [0.1, 0.15) is 20.7 Å². The molecule has 0 fully saturated rings. The third-order valence-corrected chi connectivity index (χ3v) is 3.92. The van der Waals surface area contributed by atoms with Crippen LogP contribution < -0.4 is 5.32 Å². The molecule has 0 saturated carbocycles. The minimum absolute atomic E-state index is 0.0755. The number of nitrogens with one attached hydrogen (secondary N) is 1. The van der Waals surface area contributed by atoms with Gasteiger partial charge in [-0.25, -0.2) is 4.79 Å². The molecule has 2 N–H and O–H groups in total. The van der Waals surface area contributed by atoms with Crippen molar-refractivity contribution in [1.29, 1.82) is 0 Å². The molecule has 3 rings (SSSR count). The molecule has 0 aliphatic carbocycles. The average Bonchev–Trinajstić information content (AvgIpc) is 2.68. The summed E-state index contributed by atoms with van der Waals surface area (Å²) >= 11 is 0. The molecule has 0 spiro atoms. The van der Waals surface area contributed by atoms with Crippen molar-refractivity contribution in [2.45, 2.75) is 0 Å². The number of anilines is 1. The maximum absolute atomic E-state index is 12.4. The van der Waals surface area contributed by atoms with Gasteiger partial charge in [0, 0.05) is 17.7 Å². The number of nitro benzene ring substituents is 1. The summed E-state index contributed by atoms with van der Waals surface area (Å²) in [5.74, 6) is -1.64. The van der Waals surface area contributed by atoms with E-state index in [1.54, 1.807) is 48.5 Å². The number of rotatable bonds is 5. The van der Waals surface area contributed by atoms with E-state index in [0.29, 0.717) is 16.7 Å². The molecular weight excluding hydrogens is 348 g/mol. The van der Waals surface area contributed by atoms with Gasteiger partial charge in [-0.2, -0.15) is 0 Å². The highest BCUT2D eigenvalue weighted by atomic mass is 16.6. The number of hydrogen-bond donors (Lipinski definition) is 2. The predicted octanol–water partition coefficient (Wildman–Crippen LogP) is 4.21. The molecule has 0 radical (unpaired) electrons. The Morgan fingerprint density at radius 2 is 1.59 bits per heavy atom. The third-order valence-electron chi connectivity index (χ3n) is 3.92. The van der Waals surface area contributed by atoms with Crippen molar-refractivity contribution >= 4 is 23.3 Å². The first kappa shape index (κ1) is 17.8. The van der Waals surface area contributed by atoms with Crippen LogP contribution in [0.15, 0.2) is 72.8 Å². The van der Waals surface area contributed by atoms with Gasteiger partial charge in [-0.05, 0) is 35.4 Å². The van der Waals surface area contributed by atoms with E-state index in [1.807, 2.05) is 0 Å². The van der Waals surface area contributed by atoms with Crippen LogP contribution in [0.3, 0.4) is 0 Å². The van der Waals surface area contributed by atoms with Gasteiger partial charge in [-0.1, -0.05) is 36.4 Å². The Morgan fingerprint density at radius 3 is 2.26 bits per heavy atom. The normalized spacial score (nSPS) is 10.2. The number of hydrogen-bond acceptors (Lipinski definition) is 4. The lowest BCUT2D eigenvalue weighted by Crippen LogP contribution is -2.14. The second-order valence-corrected chi connectivity index (χ2v) is 5.69. The van der Waals surface area contributed by atoms with E-state index in [1.165, 1.54) is 24.3 Å². The third kappa shape index (κ3) is 3.98. The second kappa shape index (κ2) is 7.49. The zero-order valence-corrected chi connectivity index (χ0v) is 14.0. The van der Waals surface area contributed by atoms with E-state index in [-0.39, 0.29) is 16.9 Å². The van der Waals surface area contributed by atoms with Gasteiger partial charge in [0.15, 0.2) is 0 Å². The van der Waals surface area contributed by atoms with Gasteiger partial charge in [0.25, 0.3) is 11.6 Å². The van der Waals surface area contributed by atoms with Crippen LogP contribution in [-0.4, -0.2) is 21.9 Å². The number of benzene rings is 3. The molecule has 0 aliphatic rings. The summed E-state index contributed by atoms with van der Waals surface area (Å²) in [6.45, 7) is 0. The van der Waals surface area contributed by atoms with E-state index < -0.39 is 16.8 Å². The summed E-state index contributed by atoms with van der Waals surface area (Å²) in [5, 5.41) is 23.0. The quantitative estimate of drug-likeness (QED) is 0.522. The predicted molar refractivity (Wildman–Crippen MR) is 99.9 cm³/mol. The minimum Gasteiger partial charge on any atom is -0.478 e. The van der Waals surface area contributed by atoms with Crippen LogP contribution in [0.5, 0.6) is 0 Å². The number of amides is 1. The summed E-state index contributed by atoms with van der Waals surface area (Å²) in [4.78, 5) is 34.3. The van der Waals surface area contributed by atoms with Crippen LogP contribution in [0.2, 0.25) is 0 Å².